The summed E-state index contributed by atoms with van der Waals surface area (Å²) < 4.78 is 0. The third kappa shape index (κ3) is 1.73. The van der Waals surface area contributed by atoms with E-state index in [1.165, 1.54) is 0 Å². The Morgan fingerprint density at radius 2 is 1.54 bits per heavy atom. The Kier molecular flexibility index (Phi) is 2.58. The van der Waals surface area contributed by atoms with E-state index in [-0.39, 0.29) is 17.9 Å². The van der Waals surface area contributed by atoms with Gasteiger partial charge in [0.2, 0.25) is 0 Å². The maximum absolute atomic E-state index is 9.72. The SMILES string of the molecule is OC1CC(O)C2CCCC(O)C2C1. The Morgan fingerprint density at radius 3 is 2.31 bits per heavy atom. The molecule has 0 saturated heterocycles. The summed E-state index contributed by atoms with van der Waals surface area (Å²) in [4.78, 5) is 0. The smallest absolute Gasteiger partial charge is 0.0596 e. The predicted octanol–water partition coefficient (Wildman–Crippen LogP) is 0.279. The molecule has 0 spiro atoms. The van der Waals surface area contributed by atoms with Gasteiger partial charge in [-0.1, -0.05) is 6.42 Å². The Balaban J connectivity index is 2.08. The van der Waals surface area contributed by atoms with Crippen LogP contribution in [-0.2, 0) is 0 Å². The Hall–Kier alpha value is -0.120. The molecule has 0 amide bonds. The monoisotopic (exact) mass is 186 g/mol. The number of aliphatic hydroxyl groups is 3. The quantitative estimate of drug-likeness (QED) is 0.509. The van der Waals surface area contributed by atoms with Crippen LogP contribution in [0.5, 0.6) is 0 Å². The lowest BCUT2D eigenvalue weighted by Crippen LogP contribution is -2.46. The highest BCUT2D eigenvalue weighted by Crippen LogP contribution is 2.40. The van der Waals surface area contributed by atoms with Crippen molar-refractivity contribution in [2.24, 2.45) is 11.8 Å². The van der Waals surface area contributed by atoms with Crippen molar-refractivity contribution in [3.05, 3.63) is 0 Å². The van der Waals surface area contributed by atoms with Crippen LogP contribution in [0.3, 0.4) is 0 Å². The van der Waals surface area contributed by atoms with Gasteiger partial charge in [0.15, 0.2) is 0 Å². The van der Waals surface area contributed by atoms with Crippen molar-refractivity contribution in [3.8, 4) is 0 Å². The van der Waals surface area contributed by atoms with Crippen LogP contribution in [-0.4, -0.2) is 33.6 Å². The van der Waals surface area contributed by atoms with Crippen LogP contribution in [0, 0.1) is 11.8 Å². The minimum Gasteiger partial charge on any atom is -0.393 e. The molecular formula is C10H18O3. The minimum atomic E-state index is -0.413. The summed E-state index contributed by atoms with van der Waals surface area (Å²) in [5.41, 5.74) is 0. The van der Waals surface area contributed by atoms with Crippen molar-refractivity contribution >= 4 is 0 Å². The molecule has 13 heavy (non-hydrogen) atoms. The predicted molar refractivity (Wildman–Crippen MR) is 48.1 cm³/mol. The molecule has 5 atom stereocenters. The molecule has 2 aliphatic carbocycles. The van der Waals surface area contributed by atoms with Gasteiger partial charge in [0.1, 0.15) is 0 Å². The number of hydrogen-bond acceptors (Lipinski definition) is 3. The van der Waals surface area contributed by atoms with Gasteiger partial charge in [0, 0.05) is 0 Å². The van der Waals surface area contributed by atoms with E-state index in [1.807, 2.05) is 0 Å². The van der Waals surface area contributed by atoms with Crippen molar-refractivity contribution in [2.75, 3.05) is 0 Å². The summed E-state index contributed by atoms with van der Waals surface area (Å²) >= 11 is 0. The van der Waals surface area contributed by atoms with Crippen LogP contribution < -0.4 is 0 Å². The summed E-state index contributed by atoms with van der Waals surface area (Å²) in [6, 6.07) is 0. The van der Waals surface area contributed by atoms with Gasteiger partial charge in [-0.05, 0) is 37.5 Å². The average molecular weight is 186 g/mol. The first kappa shape index (κ1) is 9.44. The van der Waals surface area contributed by atoms with E-state index in [9.17, 15) is 15.3 Å². The second kappa shape index (κ2) is 3.56. The van der Waals surface area contributed by atoms with Crippen LogP contribution in [0.4, 0.5) is 0 Å². The molecule has 0 aromatic rings. The van der Waals surface area contributed by atoms with Crippen LogP contribution in [0.1, 0.15) is 32.1 Å². The fourth-order valence-electron chi connectivity index (χ4n) is 2.95. The molecule has 2 fully saturated rings. The normalized spacial score (nSPS) is 51.5. The molecule has 0 aliphatic heterocycles. The van der Waals surface area contributed by atoms with Crippen LogP contribution in [0.2, 0.25) is 0 Å². The molecule has 2 saturated carbocycles. The maximum Gasteiger partial charge on any atom is 0.0596 e. The van der Waals surface area contributed by atoms with Crippen molar-refractivity contribution in [1.29, 1.82) is 0 Å². The zero-order valence-electron chi connectivity index (χ0n) is 7.76. The van der Waals surface area contributed by atoms with E-state index in [0.29, 0.717) is 12.8 Å². The van der Waals surface area contributed by atoms with E-state index < -0.39 is 12.2 Å². The van der Waals surface area contributed by atoms with Crippen molar-refractivity contribution in [3.63, 3.8) is 0 Å². The van der Waals surface area contributed by atoms with E-state index in [2.05, 4.69) is 0 Å². The highest BCUT2D eigenvalue weighted by Gasteiger charge is 2.41. The lowest BCUT2D eigenvalue weighted by Gasteiger charge is -2.43. The first-order valence-electron chi connectivity index (χ1n) is 5.22. The van der Waals surface area contributed by atoms with Crippen molar-refractivity contribution in [1.82, 2.24) is 0 Å². The number of rotatable bonds is 0. The van der Waals surface area contributed by atoms with E-state index >= 15 is 0 Å². The Labute approximate surface area is 78.4 Å². The molecule has 5 unspecified atom stereocenters. The van der Waals surface area contributed by atoms with Crippen molar-refractivity contribution in [2.45, 2.75) is 50.4 Å². The topological polar surface area (TPSA) is 60.7 Å². The first-order valence-corrected chi connectivity index (χ1v) is 5.22. The van der Waals surface area contributed by atoms with E-state index in [4.69, 9.17) is 0 Å². The Bertz CT molecular complexity index is 183. The van der Waals surface area contributed by atoms with Crippen molar-refractivity contribution < 1.29 is 15.3 Å². The molecule has 3 nitrogen and oxygen atoms in total. The van der Waals surface area contributed by atoms with E-state index in [0.717, 1.165) is 19.3 Å². The maximum atomic E-state index is 9.72. The minimum absolute atomic E-state index is 0.132. The largest absolute Gasteiger partial charge is 0.393 e. The molecule has 76 valence electrons. The molecule has 3 N–H and O–H groups in total. The lowest BCUT2D eigenvalue weighted by molar-refractivity contribution is -0.0910. The standard InChI is InChI=1S/C10H18O3/c11-6-4-8-7(10(13)5-6)2-1-3-9(8)12/h6-13H,1-5H2. The lowest BCUT2D eigenvalue weighted by atomic mass is 9.67. The van der Waals surface area contributed by atoms with Crippen LogP contribution in [0.15, 0.2) is 0 Å². The molecule has 0 radical (unpaired) electrons. The molecule has 0 aromatic heterocycles. The highest BCUT2D eigenvalue weighted by atomic mass is 16.3. The number of hydrogen-bond donors (Lipinski definition) is 3. The second-order valence-corrected chi connectivity index (χ2v) is 4.52. The summed E-state index contributed by atoms with van der Waals surface area (Å²) in [5.74, 6) is 0.361. The van der Waals surface area contributed by atoms with Gasteiger partial charge in [0.25, 0.3) is 0 Å². The summed E-state index contributed by atoms with van der Waals surface area (Å²) in [7, 11) is 0. The Morgan fingerprint density at radius 1 is 0.769 bits per heavy atom. The van der Waals surface area contributed by atoms with Gasteiger partial charge in [-0.25, -0.2) is 0 Å². The summed E-state index contributed by atoms with van der Waals surface area (Å²) in [6.07, 6.45) is 2.90. The van der Waals surface area contributed by atoms with Gasteiger partial charge in [-0.15, -0.1) is 0 Å². The highest BCUT2D eigenvalue weighted by molar-refractivity contribution is 4.92. The number of aliphatic hydroxyl groups excluding tert-OH is 3. The third-order valence-corrected chi connectivity index (χ3v) is 3.63. The second-order valence-electron chi connectivity index (χ2n) is 4.52. The van der Waals surface area contributed by atoms with Crippen LogP contribution >= 0.6 is 0 Å². The molecule has 0 bridgehead atoms. The molecule has 2 aliphatic rings. The zero-order valence-corrected chi connectivity index (χ0v) is 7.76. The molecule has 2 rings (SSSR count). The summed E-state index contributed by atoms with van der Waals surface area (Å²) in [6.45, 7) is 0. The van der Waals surface area contributed by atoms with Gasteiger partial charge in [0.05, 0.1) is 18.3 Å². The fraction of sp³-hybridized carbons (Fsp3) is 1.00. The van der Waals surface area contributed by atoms with Gasteiger partial charge >= 0.3 is 0 Å². The van der Waals surface area contributed by atoms with Crippen LogP contribution in [0.25, 0.3) is 0 Å². The molecule has 0 aromatic carbocycles. The zero-order chi connectivity index (χ0) is 9.42. The van der Waals surface area contributed by atoms with Gasteiger partial charge < -0.3 is 15.3 Å². The molecular weight excluding hydrogens is 168 g/mol. The molecule has 3 heteroatoms. The molecule has 0 heterocycles. The third-order valence-electron chi connectivity index (χ3n) is 3.63. The number of fused-ring (bicyclic) bond motifs is 1. The van der Waals surface area contributed by atoms with Gasteiger partial charge in [-0.3, -0.25) is 0 Å². The first-order chi connectivity index (χ1) is 6.18. The average Bonchev–Trinajstić information content (AvgIpc) is 2.07. The van der Waals surface area contributed by atoms with E-state index in [1.54, 1.807) is 0 Å². The summed E-state index contributed by atoms with van der Waals surface area (Å²) in [5, 5.41) is 28.9. The fourth-order valence-corrected chi connectivity index (χ4v) is 2.95. The van der Waals surface area contributed by atoms with Gasteiger partial charge in [-0.2, -0.15) is 0 Å².